The first-order valence-electron chi connectivity index (χ1n) is 10.5. The molecule has 3 aromatic rings. The lowest BCUT2D eigenvalue weighted by molar-refractivity contribution is -0.138. The van der Waals surface area contributed by atoms with Crippen LogP contribution in [-0.2, 0) is 6.18 Å². The normalized spacial score (nSPS) is 22.4. The number of aromatic nitrogens is 6. The van der Waals surface area contributed by atoms with Crippen molar-refractivity contribution in [2.24, 2.45) is 5.92 Å². The first kappa shape index (κ1) is 21.3. The molecule has 1 amide bonds. The van der Waals surface area contributed by atoms with Crippen LogP contribution in [0.15, 0.2) is 36.9 Å². The number of piperidine rings is 2. The third-order valence-electron chi connectivity index (χ3n) is 6.04. The molecule has 0 unspecified atom stereocenters. The predicted molar refractivity (Wildman–Crippen MR) is 108 cm³/mol. The number of hydrogen-bond acceptors (Lipinski definition) is 7. The van der Waals surface area contributed by atoms with Crippen molar-refractivity contribution in [2.45, 2.75) is 44.5 Å². The Labute approximate surface area is 186 Å². The molecule has 0 spiro atoms. The molecule has 3 aromatic heterocycles. The number of fused-ring (bicyclic) bond motifs is 3. The second-order valence-electron chi connectivity index (χ2n) is 8.25. The molecule has 3 fully saturated rings. The maximum Gasteiger partial charge on any atom is 0.419 e. The molecule has 5 heterocycles. The maximum atomic E-state index is 13.6. The van der Waals surface area contributed by atoms with Gasteiger partial charge >= 0.3 is 12.2 Å². The van der Waals surface area contributed by atoms with Crippen LogP contribution in [0.3, 0.4) is 0 Å². The molecule has 0 N–H and O–H groups in total. The van der Waals surface area contributed by atoms with Gasteiger partial charge < -0.3 is 9.64 Å². The van der Waals surface area contributed by atoms with Crippen molar-refractivity contribution in [1.82, 2.24) is 34.8 Å². The zero-order valence-corrected chi connectivity index (χ0v) is 17.6. The van der Waals surface area contributed by atoms with E-state index in [4.69, 9.17) is 4.74 Å². The molecule has 12 heteroatoms. The van der Waals surface area contributed by atoms with Gasteiger partial charge in [0.25, 0.3) is 5.91 Å². The molecule has 2 aliphatic heterocycles. The number of rotatable bonds is 4. The highest BCUT2D eigenvalue weighted by atomic mass is 19.4. The number of ether oxygens (including phenoxy) is 1. The topological polar surface area (TPSA) is 98.9 Å². The van der Waals surface area contributed by atoms with E-state index >= 15 is 0 Å². The summed E-state index contributed by atoms with van der Waals surface area (Å²) >= 11 is 0. The molecule has 1 aliphatic carbocycles. The van der Waals surface area contributed by atoms with Gasteiger partial charge in [-0.3, -0.25) is 4.79 Å². The van der Waals surface area contributed by atoms with Crippen molar-refractivity contribution in [2.75, 3.05) is 6.54 Å². The number of aryl methyl sites for hydroxylation is 1. The zero-order valence-electron chi connectivity index (χ0n) is 17.6. The second kappa shape index (κ2) is 8.09. The molecule has 1 saturated carbocycles. The van der Waals surface area contributed by atoms with Gasteiger partial charge in [-0.15, -0.1) is 4.80 Å². The number of carbonyl (C=O) groups excluding carboxylic acids is 1. The van der Waals surface area contributed by atoms with Crippen molar-refractivity contribution in [3.05, 3.63) is 53.9 Å². The first-order valence-corrected chi connectivity index (χ1v) is 10.5. The molecule has 6 rings (SSSR count). The van der Waals surface area contributed by atoms with Crippen molar-refractivity contribution in [3.8, 4) is 11.7 Å². The number of alkyl halides is 3. The summed E-state index contributed by atoms with van der Waals surface area (Å²) in [7, 11) is 0. The molecule has 3 aliphatic rings. The number of hydrogen-bond donors (Lipinski definition) is 0. The average Bonchev–Trinajstić information content (AvgIpc) is 3.33. The van der Waals surface area contributed by atoms with Gasteiger partial charge in [0, 0.05) is 24.6 Å². The van der Waals surface area contributed by atoms with E-state index in [2.05, 4.69) is 25.1 Å². The number of amides is 1. The van der Waals surface area contributed by atoms with Crippen LogP contribution in [0.2, 0.25) is 0 Å². The predicted octanol–water partition coefficient (Wildman–Crippen LogP) is 2.85. The van der Waals surface area contributed by atoms with Crippen LogP contribution in [-0.4, -0.2) is 59.4 Å². The van der Waals surface area contributed by atoms with E-state index in [1.165, 1.54) is 17.2 Å². The van der Waals surface area contributed by atoms with Gasteiger partial charge in [-0.1, -0.05) is 0 Å². The van der Waals surface area contributed by atoms with Gasteiger partial charge in [-0.2, -0.15) is 23.4 Å². The van der Waals surface area contributed by atoms with Crippen molar-refractivity contribution < 1.29 is 22.7 Å². The minimum atomic E-state index is -4.52. The van der Waals surface area contributed by atoms with E-state index in [0.717, 1.165) is 6.42 Å². The number of carbonyl (C=O) groups is 1. The minimum absolute atomic E-state index is 0.136. The number of halogens is 3. The largest absolute Gasteiger partial charge is 0.458 e. The Kier molecular flexibility index (Phi) is 5.22. The van der Waals surface area contributed by atoms with E-state index in [-0.39, 0.29) is 29.6 Å². The van der Waals surface area contributed by atoms with Gasteiger partial charge in [0.05, 0.1) is 24.0 Å². The van der Waals surface area contributed by atoms with Crippen LogP contribution in [0.25, 0.3) is 5.69 Å². The summed E-state index contributed by atoms with van der Waals surface area (Å²) in [6.45, 7) is 2.35. The lowest BCUT2D eigenvalue weighted by atomic mass is 9.77. The van der Waals surface area contributed by atoms with E-state index in [9.17, 15) is 18.0 Å². The van der Waals surface area contributed by atoms with Crippen LogP contribution >= 0.6 is 0 Å². The summed E-state index contributed by atoms with van der Waals surface area (Å²) in [6.07, 6.45) is 1.82. The quantitative estimate of drug-likeness (QED) is 0.592. The first-order chi connectivity index (χ1) is 15.8. The highest BCUT2D eigenvalue weighted by Gasteiger charge is 2.45. The zero-order chi connectivity index (χ0) is 23.2. The SMILES string of the molecule is Cc1ccc(-n2nccn2)c(C(=O)N2C[C@H]3CC[C@H]2[C@H](Oc2ncc(C(F)(F)F)cn2)C3)n1. The van der Waals surface area contributed by atoms with Crippen LogP contribution in [0.5, 0.6) is 6.01 Å². The highest BCUT2D eigenvalue weighted by molar-refractivity contribution is 5.96. The van der Waals surface area contributed by atoms with Crippen LogP contribution < -0.4 is 4.74 Å². The van der Waals surface area contributed by atoms with Gasteiger partial charge in [0.2, 0.25) is 0 Å². The Morgan fingerprint density at radius 1 is 1.12 bits per heavy atom. The lowest BCUT2D eigenvalue weighted by Gasteiger charge is -2.49. The van der Waals surface area contributed by atoms with Gasteiger partial charge in [-0.25, -0.2) is 15.0 Å². The van der Waals surface area contributed by atoms with Crippen LogP contribution in [0.1, 0.15) is 41.0 Å². The average molecular weight is 459 g/mol. The maximum absolute atomic E-state index is 13.6. The van der Waals surface area contributed by atoms with Crippen molar-refractivity contribution in [1.29, 1.82) is 0 Å². The Balaban J connectivity index is 1.39. The highest BCUT2D eigenvalue weighted by Crippen LogP contribution is 2.38. The summed E-state index contributed by atoms with van der Waals surface area (Å²) in [4.78, 5) is 28.6. The Bertz CT molecular complexity index is 1150. The summed E-state index contributed by atoms with van der Waals surface area (Å²) in [5.41, 5.74) is 0.452. The van der Waals surface area contributed by atoms with E-state index < -0.39 is 17.8 Å². The summed E-state index contributed by atoms with van der Waals surface area (Å²) in [5.74, 6) is -0.0585. The fraction of sp³-hybridized carbons (Fsp3) is 0.429. The Morgan fingerprint density at radius 2 is 1.85 bits per heavy atom. The lowest BCUT2D eigenvalue weighted by Crippen LogP contribution is -2.59. The Morgan fingerprint density at radius 3 is 2.52 bits per heavy atom. The Hall–Kier alpha value is -3.57. The van der Waals surface area contributed by atoms with Crippen LogP contribution in [0.4, 0.5) is 13.2 Å². The summed E-state index contributed by atoms with van der Waals surface area (Å²) in [5, 5.41) is 8.24. The fourth-order valence-corrected chi connectivity index (χ4v) is 4.50. The summed E-state index contributed by atoms with van der Waals surface area (Å²) in [6, 6.07) is 3.13. The van der Waals surface area contributed by atoms with Crippen molar-refractivity contribution >= 4 is 5.91 Å². The second-order valence-corrected chi connectivity index (χ2v) is 8.25. The molecule has 3 atom stereocenters. The number of pyridine rings is 1. The minimum Gasteiger partial charge on any atom is -0.458 e. The molecule has 9 nitrogen and oxygen atoms in total. The molecule has 33 heavy (non-hydrogen) atoms. The van der Waals surface area contributed by atoms with Crippen molar-refractivity contribution in [3.63, 3.8) is 0 Å². The van der Waals surface area contributed by atoms with E-state index in [1.54, 1.807) is 24.0 Å². The van der Waals surface area contributed by atoms with E-state index in [0.29, 0.717) is 43.2 Å². The molecular formula is C21H20F3N7O2. The van der Waals surface area contributed by atoms with Gasteiger partial charge in [-0.05, 0) is 44.2 Å². The molecule has 2 saturated heterocycles. The molecular weight excluding hydrogens is 439 g/mol. The van der Waals surface area contributed by atoms with Gasteiger partial charge in [0.15, 0.2) is 5.69 Å². The third-order valence-corrected chi connectivity index (χ3v) is 6.04. The summed E-state index contributed by atoms with van der Waals surface area (Å²) < 4.78 is 44.2. The third kappa shape index (κ3) is 4.12. The molecule has 0 radical (unpaired) electrons. The molecule has 0 aromatic carbocycles. The monoisotopic (exact) mass is 459 g/mol. The number of nitrogens with zero attached hydrogens (tertiary/aromatic N) is 7. The van der Waals surface area contributed by atoms with Crippen LogP contribution in [0, 0.1) is 12.8 Å². The molecule has 2 bridgehead atoms. The van der Waals surface area contributed by atoms with Gasteiger partial charge in [0.1, 0.15) is 11.8 Å². The van der Waals surface area contributed by atoms with E-state index in [1.807, 2.05) is 0 Å². The fourth-order valence-electron chi connectivity index (χ4n) is 4.50. The molecule has 172 valence electrons. The standard InChI is InChI=1S/C21H20F3N7O2/c1-12-2-4-16(31-27-6-7-28-31)18(29-12)19(32)30-11-13-3-5-15(30)17(8-13)33-20-25-9-14(10-26-20)21(22,23)24/h2,4,6-7,9-10,13,15,17H,3,5,8,11H2,1H3/t13-,15-,17+/m0/s1. The smallest absolute Gasteiger partial charge is 0.419 e.